The Morgan fingerprint density at radius 1 is 1.25 bits per heavy atom. The first-order valence-electron chi connectivity index (χ1n) is 6.83. The lowest BCUT2D eigenvalue weighted by atomic mass is 10.0. The molecule has 5 heteroatoms. The van der Waals surface area contributed by atoms with Crippen molar-refractivity contribution in [2.75, 3.05) is 32.8 Å². The van der Waals surface area contributed by atoms with Gasteiger partial charge < -0.3 is 10.1 Å². The normalized spacial score (nSPS) is 17.4. The second-order valence-corrected chi connectivity index (χ2v) is 4.90. The summed E-state index contributed by atoms with van der Waals surface area (Å²) in [6, 6.07) is 8.56. The summed E-state index contributed by atoms with van der Waals surface area (Å²) in [5.41, 5.74) is 0.625. The fourth-order valence-corrected chi connectivity index (χ4v) is 2.29. The van der Waals surface area contributed by atoms with Gasteiger partial charge in [-0.3, -0.25) is 14.5 Å². The largest absolute Gasteiger partial charge is 0.379 e. The van der Waals surface area contributed by atoms with Crippen LogP contribution < -0.4 is 5.32 Å². The number of ketones is 1. The van der Waals surface area contributed by atoms with Gasteiger partial charge in [-0.25, -0.2) is 0 Å². The lowest BCUT2D eigenvalue weighted by molar-refractivity contribution is -0.119. The number of amides is 1. The number of carbonyl (C=O) groups is 2. The van der Waals surface area contributed by atoms with Crippen LogP contribution in [0.2, 0.25) is 0 Å². The van der Waals surface area contributed by atoms with Gasteiger partial charge in [0.1, 0.15) is 6.04 Å². The average molecular weight is 276 g/mol. The Hall–Kier alpha value is -1.72. The van der Waals surface area contributed by atoms with Gasteiger partial charge in [0.15, 0.2) is 5.78 Å². The van der Waals surface area contributed by atoms with Crippen molar-refractivity contribution in [2.24, 2.45) is 0 Å². The van der Waals surface area contributed by atoms with E-state index in [1.165, 1.54) is 6.92 Å². The SMILES string of the molecule is CC(=O)NC(CN1CCOCC1)C(=O)c1ccccc1. The number of nitrogens with one attached hydrogen (secondary N) is 1. The summed E-state index contributed by atoms with van der Waals surface area (Å²) >= 11 is 0. The quantitative estimate of drug-likeness (QED) is 0.805. The Bertz CT molecular complexity index is 455. The predicted molar refractivity (Wildman–Crippen MR) is 75.6 cm³/mol. The molecule has 1 amide bonds. The van der Waals surface area contributed by atoms with Crippen LogP contribution in [0.25, 0.3) is 0 Å². The van der Waals surface area contributed by atoms with Crippen LogP contribution in [0.15, 0.2) is 30.3 Å². The highest BCUT2D eigenvalue weighted by atomic mass is 16.5. The molecule has 5 nitrogen and oxygen atoms in total. The Morgan fingerprint density at radius 3 is 2.50 bits per heavy atom. The van der Waals surface area contributed by atoms with Crippen LogP contribution in [-0.2, 0) is 9.53 Å². The molecule has 2 rings (SSSR count). The second-order valence-electron chi connectivity index (χ2n) is 4.90. The third-order valence-corrected chi connectivity index (χ3v) is 3.30. The summed E-state index contributed by atoms with van der Waals surface area (Å²) in [5.74, 6) is -0.236. The van der Waals surface area contributed by atoms with Crippen molar-refractivity contribution in [1.29, 1.82) is 0 Å². The molecule has 1 atom stereocenters. The Labute approximate surface area is 118 Å². The monoisotopic (exact) mass is 276 g/mol. The highest BCUT2D eigenvalue weighted by Gasteiger charge is 2.24. The van der Waals surface area contributed by atoms with E-state index in [0.29, 0.717) is 25.3 Å². The minimum absolute atomic E-state index is 0.0488. The smallest absolute Gasteiger partial charge is 0.217 e. The number of benzene rings is 1. The van der Waals surface area contributed by atoms with Crippen LogP contribution in [0, 0.1) is 0 Å². The second kappa shape index (κ2) is 7.17. The Morgan fingerprint density at radius 2 is 1.90 bits per heavy atom. The van der Waals surface area contributed by atoms with Crippen molar-refractivity contribution in [3.63, 3.8) is 0 Å². The first-order chi connectivity index (χ1) is 9.66. The summed E-state index contributed by atoms with van der Waals surface area (Å²) in [6.07, 6.45) is 0. The van der Waals surface area contributed by atoms with E-state index in [0.717, 1.165) is 13.1 Å². The number of rotatable bonds is 5. The molecule has 0 saturated carbocycles. The van der Waals surface area contributed by atoms with Gasteiger partial charge in [-0.2, -0.15) is 0 Å². The molecule has 108 valence electrons. The lowest BCUT2D eigenvalue weighted by Gasteiger charge is -2.30. The molecular weight excluding hydrogens is 256 g/mol. The molecule has 20 heavy (non-hydrogen) atoms. The van der Waals surface area contributed by atoms with E-state index in [9.17, 15) is 9.59 Å². The molecule has 0 radical (unpaired) electrons. The highest BCUT2D eigenvalue weighted by molar-refractivity contribution is 6.01. The number of Topliss-reactive ketones (excluding diaryl/α,β-unsaturated/α-hetero) is 1. The van der Waals surface area contributed by atoms with Gasteiger partial charge >= 0.3 is 0 Å². The molecular formula is C15H20N2O3. The number of carbonyl (C=O) groups excluding carboxylic acids is 2. The third kappa shape index (κ3) is 4.15. The van der Waals surface area contributed by atoms with E-state index in [1.54, 1.807) is 12.1 Å². The van der Waals surface area contributed by atoms with Crippen LogP contribution in [-0.4, -0.2) is 55.5 Å². The van der Waals surface area contributed by atoms with Crippen molar-refractivity contribution in [2.45, 2.75) is 13.0 Å². The molecule has 1 unspecified atom stereocenters. The van der Waals surface area contributed by atoms with Crippen LogP contribution in [0.1, 0.15) is 17.3 Å². The summed E-state index contributed by atoms with van der Waals surface area (Å²) in [6.45, 7) is 4.89. The van der Waals surface area contributed by atoms with Crippen molar-refractivity contribution in [3.8, 4) is 0 Å². The number of ether oxygens (including phenoxy) is 1. The van der Waals surface area contributed by atoms with Gasteiger partial charge in [0, 0.05) is 32.1 Å². The van der Waals surface area contributed by atoms with Crippen molar-refractivity contribution >= 4 is 11.7 Å². The first kappa shape index (κ1) is 14.7. The fourth-order valence-electron chi connectivity index (χ4n) is 2.29. The van der Waals surface area contributed by atoms with E-state index < -0.39 is 6.04 Å². The van der Waals surface area contributed by atoms with Crippen LogP contribution in [0.4, 0.5) is 0 Å². The van der Waals surface area contributed by atoms with Gasteiger partial charge in [-0.15, -0.1) is 0 Å². The molecule has 1 aliphatic rings. The Kier molecular flexibility index (Phi) is 5.26. The van der Waals surface area contributed by atoms with Gasteiger partial charge in [0.2, 0.25) is 5.91 Å². The standard InChI is InChI=1S/C15H20N2O3/c1-12(18)16-14(11-17-7-9-20-10-8-17)15(19)13-5-3-2-4-6-13/h2-6,14H,7-11H2,1H3,(H,16,18). The van der Waals surface area contributed by atoms with E-state index in [1.807, 2.05) is 18.2 Å². The summed E-state index contributed by atoms with van der Waals surface area (Å²) < 4.78 is 5.29. The van der Waals surface area contributed by atoms with E-state index in [2.05, 4.69) is 10.2 Å². The highest BCUT2D eigenvalue weighted by Crippen LogP contribution is 2.07. The minimum Gasteiger partial charge on any atom is -0.379 e. The van der Waals surface area contributed by atoms with Gasteiger partial charge in [-0.05, 0) is 0 Å². The first-order valence-corrected chi connectivity index (χ1v) is 6.83. The topological polar surface area (TPSA) is 58.6 Å². The summed E-state index contributed by atoms with van der Waals surface area (Å²) in [7, 11) is 0. The molecule has 1 aliphatic heterocycles. The fraction of sp³-hybridized carbons (Fsp3) is 0.467. The third-order valence-electron chi connectivity index (χ3n) is 3.30. The lowest BCUT2D eigenvalue weighted by Crippen LogP contribution is -2.50. The van der Waals surface area contributed by atoms with Gasteiger partial charge in [0.05, 0.1) is 13.2 Å². The predicted octanol–water partition coefficient (Wildman–Crippen LogP) is 0.706. The minimum atomic E-state index is -0.506. The van der Waals surface area contributed by atoms with E-state index in [4.69, 9.17) is 4.74 Å². The van der Waals surface area contributed by atoms with E-state index in [-0.39, 0.29) is 11.7 Å². The number of hydrogen-bond acceptors (Lipinski definition) is 4. The maximum atomic E-state index is 12.5. The molecule has 0 spiro atoms. The Balaban J connectivity index is 2.06. The number of nitrogens with zero attached hydrogens (tertiary/aromatic N) is 1. The summed E-state index contributed by atoms with van der Waals surface area (Å²) in [5, 5.41) is 2.75. The molecule has 1 heterocycles. The van der Waals surface area contributed by atoms with Crippen LogP contribution >= 0.6 is 0 Å². The van der Waals surface area contributed by atoms with Crippen LogP contribution in [0.3, 0.4) is 0 Å². The van der Waals surface area contributed by atoms with Gasteiger partial charge in [0.25, 0.3) is 0 Å². The maximum absolute atomic E-state index is 12.5. The van der Waals surface area contributed by atoms with Crippen molar-refractivity contribution in [1.82, 2.24) is 10.2 Å². The van der Waals surface area contributed by atoms with Crippen molar-refractivity contribution in [3.05, 3.63) is 35.9 Å². The molecule has 0 aliphatic carbocycles. The number of hydrogen-bond donors (Lipinski definition) is 1. The molecule has 1 aromatic carbocycles. The van der Waals surface area contributed by atoms with Crippen molar-refractivity contribution < 1.29 is 14.3 Å². The average Bonchev–Trinajstić information content (AvgIpc) is 2.47. The van der Waals surface area contributed by atoms with Gasteiger partial charge in [-0.1, -0.05) is 30.3 Å². The zero-order valence-electron chi connectivity index (χ0n) is 11.7. The van der Waals surface area contributed by atoms with E-state index >= 15 is 0 Å². The molecule has 1 N–H and O–H groups in total. The maximum Gasteiger partial charge on any atom is 0.217 e. The molecule has 1 aromatic rings. The number of morpholine rings is 1. The molecule has 0 aromatic heterocycles. The summed E-state index contributed by atoms with van der Waals surface area (Å²) in [4.78, 5) is 26.0. The van der Waals surface area contributed by atoms with Crippen LogP contribution in [0.5, 0.6) is 0 Å². The molecule has 0 bridgehead atoms. The zero-order valence-corrected chi connectivity index (χ0v) is 11.7. The molecule has 1 fully saturated rings. The molecule has 1 saturated heterocycles. The zero-order chi connectivity index (χ0) is 14.4.